The summed E-state index contributed by atoms with van der Waals surface area (Å²) >= 11 is 3.33. The zero-order valence-electron chi connectivity index (χ0n) is 16.1. The summed E-state index contributed by atoms with van der Waals surface area (Å²) in [4.78, 5) is 14.3. The second-order valence-electron chi connectivity index (χ2n) is 6.97. The van der Waals surface area contributed by atoms with Crippen LogP contribution in [0.4, 0.5) is 17.6 Å². The Morgan fingerprint density at radius 2 is 1.93 bits per heavy atom. The quantitative estimate of drug-likeness (QED) is 0.398. The predicted octanol–water partition coefficient (Wildman–Crippen LogP) is 4.07. The van der Waals surface area contributed by atoms with Gasteiger partial charge < -0.3 is 15.6 Å². The van der Waals surface area contributed by atoms with E-state index in [4.69, 9.17) is 5.73 Å². The molecular weight excluding hydrogens is 416 g/mol. The van der Waals surface area contributed by atoms with Crippen molar-refractivity contribution in [2.45, 2.75) is 36.2 Å². The molecule has 0 bridgehead atoms. The molecule has 0 spiro atoms. The summed E-state index contributed by atoms with van der Waals surface area (Å²) < 4.78 is 2.28. The van der Waals surface area contributed by atoms with Crippen molar-refractivity contribution in [2.24, 2.45) is 0 Å². The summed E-state index contributed by atoms with van der Waals surface area (Å²) in [6.07, 6.45) is 3.16. The van der Waals surface area contributed by atoms with Crippen molar-refractivity contribution >= 4 is 40.7 Å². The maximum absolute atomic E-state index is 5.91. The van der Waals surface area contributed by atoms with Gasteiger partial charge in [-0.15, -0.1) is 21.5 Å². The minimum Gasteiger partial charge on any atom is -0.368 e. The number of thioether (sulfide) groups is 1. The van der Waals surface area contributed by atoms with E-state index < -0.39 is 0 Å². The Labute approximate surface area is 182 Å². The summed E-state index contributed by atoms with van der Waals surface area (Å²) in [5.41, 5.74) is 6.80. The number of anilines is 3. The highest BCUT2D eigenvalue weighted by Crippen LogP contribution is 2.39. The molecule has 0 saturated heterocycles. The van der Waals surface area contributed by atoms with E-state index in [1.54, 1.807) is 23.1 Å². The third-order valence-electron chi connectivity index (χ3n) is 4.62. The number of benzene rings is 1. The number of nitrogen functional groups attached to an aromatic ring is 1. The van der Waals surface area contributed by atoms with Gasteiger partial charge in [0.2, 0.25) is 11.9 Å². The number of rotatable bonds is 8. The van der Waals surface area contributed by atoms with Crippen LogP contribution in [0.3, 0.4) is 0 Å². The second-order valence-corrected chi connectivity index (χ2v) is 8.94. The lowest BCUT2D eigenvalue weighted by Gasteiger charge is -2.09. The molecule has 8 nitrogen and oxygen atoms in total. The molecule has 3 aromatic heterocycles. The Morgan fingerprint density at radius 1 is 1.07 bits per heavy atom. The first kappa shape index (κ1) is 19.0. The Hall–Kier alpha value is -2.98. The lowest BCUT2D eigenvalue weighted by atomic mass is 10.3. The van der Waals surface area contributed by atoms with Crippen molar-refractivity contribution in [3.63, 3.8) is 0 Å². The molecule has 0 radical (unpaired) electrons. The Kier molecular flexibility index (Phi) is 5.33. The summed E-state index contributed by atoms with van der Waals surface area (Å²) in [6.45, 7) is 0. The van der Waals surface area contributed by atoms with E-state index in [-0.39, 0.29) is 5.95 Å². The average molecular weight is 437 g/mol. The fourth-order valence-corrected chi connectivity index (χ4v) is 4.71. The van der Waals surface area contributed by atoms with E-state index in [2.05, 4.69) is 52.5 Å². The van der Waals surface area contributed by atoms with Crippen molar-refractivity contribution in [3.05, 3.63) is 64.4 Å². The van der Waals surface area contributed by atoms with Crippen LogP contribution in [0.25, 0.3) is 0 Å². The van der Waals surface area contributed by atoms with Crippen LogP contribution in [-0.4, -0.2) is 29.7 Å². The first-order valence-corrected chi connectivity index (χ1v) is 11.5. The number of hydrogen-bond acceptors (Lipinski definition) is 9. The topological polar surface area (TPSA) is 107 Å². The lowest BCUT2D eigenvalue weighted by Crippen LogP contribution is -2.07. The molecule has 0 aliphatic heterocycles. The van der Waals surface area contributed by atoms with Crippen LogP contribution in [0.15, 0.2) is 53.0 Å². The van der Waals surface area contributed by atoms with Gasteiger partial charge in [-0.25, -0.2) is 0 Å². The molecule has 5 rings (SSSR count). The molecule has 1 aliphatic rings. The second kappa shape index (κ2) is 8.41. The normalized spacial score (nSPS) is 13.5. The van der Waals surface area contributed by atoms with Crippen LogP contribution < -0.4 is 11.1 Å². The average Bonchev–Trinajstić information content (AvgIpc) is 3.29. The van der Waals surface area contributed by atoms with Crippen molar-refractivity contribution < 1.29 is 0 Å². The third kappa shape index (κ3) is 4.44. The fraction of sp³-hybridized carbons (Fsp3) is 0.250. The minimum absolute atomic E-state index is 0.195. The number of thiophene rings is 1. The molecule has 1 fully saturated rings. The lowest BCUT2D eigenvalue weighted by molar-refractivity contribution is 0.635. The van der Waals surface area contributed by atoms with Gasteiger partial charge in [0.25, 0.3) is 0 Å². The van der Waals surface area contributed by atoms with Gasteiger partial charge in [-0.1, -0.05) is 36.0 Å². The first-order valence-electron chi connectivity index (χ1n) is 9.66. The molecule has 1 aromatic carbocycles. The van der Waals surface area contributed by atoms with E-state index in [0.717, 1.165) is 23.1 Å². The number of nitrogens with one attached hydrogen (secondary N) is 1. The summed E-state index contributed by atoms with van der Waals surface area (Å²) in [7, 11) is 0. The van der Waals surface area contributed by atoms with E-state index in [1.165, 1.54) is 17.7 Å². The number of aromatic nitrogens is 6. The molecule has 152 valence electrons. The molecule has 1 saturated carbocycles. The van der Waals surface area contributed by atoms with Crippen LogP contribution in [0.2, 0.25) is 0 Å². The van der Waals surface area contributed by atoms with E-state index >= 15 is 0 Å². The Bertz CT molecular complexity index is 1120. The molecule has 4 aromatic rings. The zero-order chi connectivity index (χ0) is 20.3. The smallest absolute Gasteiger partial charge is 0.232 e. The largest absolute Gasteiger partial charge is 0.368 e. The highest BCUT2D eigenvalue weighted by atomic mass is 32.2. The molecule has 10 heteroatoms. The molecule has 0 amide bonds. The molecule has 0 atom stereocenters. The van der Waals surface area contributed by atoms with Gasteiger partial charge in [0, 0.05) is 23.0 Å². The van der Waals surface area contributed by atoms with Crippen LogP contribution >= 0.6 is 23.1 Å². The van der Waals surface area contributed by atoms with Gasteiger partial charge in [-0.2, -0.15) is 15.0 Å². The predicted molar refractivity (Wildman–Crippen MR) is 119 cm³/mol. The molecular formula is C20H20N8S2. The van der Waals surface area contributed by atoms with Crippen molar-refractivity contribution in [1.82, 2.24) is 29.7 Å². The van der Waals surface area contributed by atoms with Crippen molar-refractivity contribution in [3.8, 4) is 0 Å². The van der Waals surface area contributed by atoms with Gasteiger partial charge >= 0.3 is 0 Å². The maximum atomic E-state index is 5.91. The van der Waals surface area contributed by atoms with Crippen molar-refractivity contribution in [1.29, 1.82) is 0 Å². The first-order chi connectivity index (χ1) is 14.7. The van der Waals surface area contributed by atoms with Crippen LogP contribution in [0, 0.1) is 0 Å². The van der Waals surface area contributed by atoms with Gasteiger partial charge in [0.05, 0.1) is 5.75 Å². The highest BCUT2D eigenvalue weighted by molar-refractivity contribution is 7.98. The molecule has 3 N–H and O–H groups in total. The van der Waals surface area contributed by atoms with Gasteiger partial charge in [-0.05, 0) is 36.4 Å². The van der Waals surface area contributed by atoms with E-state index in [0.29, 0.717) is 23.6 Å². The highest BCUT2D eigenvalue weighted by Gasteiger charge is 2.29. The summed E-state index contributed by atoms with van der Waals surface area (Å²) in [5.74, 6) is 2.80. The van der Waals surface area contributed by atoms with Gasteiger partial charge in [0.1, 0.15) is 11.6 Å². The number of para-hydroxylation sites is 1. The Balaban J connectivity index is 1.32. The molecule has 0 unspecified atom stereocenters. The maximum Gasteiger partial charge on any atom is 0.232 e. The summed E-state index contributed by atoms with van der Waals surface area (Å²) in [6, 6.07) is 14.4. The van der Waals surface area contributed by atoms with E-state index in [1.807, 2.05) is 30.3 Å². The monoisotopic (exact) mass is 436 g/mol. The van der Waals surface area contributed by atoms with Gasteiger partial charge in [0.15, 0.2) is 5.16 Å². The minimum atomic E-state index is 0.195. The summed E-state index contributed by atoms with van der Waals surface area (Å²) in [5, 5.41) is 15.1. The Morgan fingerprint density at radius 3 is 2.70 bits per heavy atom. The molecule has 3 heterocycles. The van der Waals surface area contributed by atoms with Crippen molar-refractivity contribution in [2.75, 3.05) is 11.1 Å². The van der Waals surface area contributed by atoms with Crippen LogP contribution in [0.5, 0.6) is 0 Å². The van der Waals surface area contributed by atoms with Gasteiger partial charge in [-0.3, -0.25) is 0 Å². The number of nitrogens with two attached hydrogens (primary N) is 1. The number of hydrogen-bond donors (Lipinski definition) is 2. The SMILES string of the molecule is Nc1nc(CSc2nnc(Cc3cccs3)n2C2CC2)nc(Nc2ccccc2)n1. The number of nitrogens with zero attached hydrogens (tertiary/aromatic N) is 6. The van der Waals surface area contributed by atoms with Crippen LogP contribution in [0.1, 0.15) is 35.4 Å². The fourth-order valence-electron chi connectivity index (χ4n) is 3.13. The standard InChI is InChI=1S/C20H20N8S2/c21-18-23-16(24-19(25-18)22-13-5-2-1-3-6-13)12-30-20-27-26-17(28(20)14-8-9-14)11-15-7-4-10-29-15/h1-7,10,14H,8-9,11-12H2,(H3,21,22,23,24,25). The molecule has 1 aliphatic carbocycles. The molecule has 30 heavy (non-hydrogen) atoms. The zero-order valence-corrected chi connectivity index (χ0v) is 17.7. The van der Waals surface area contributed by atoms with E-state index in [9.17, 15) is 0 Å². The van der Waals surface area contributed by atoms with Crippen LogP contribution in [-0.2, 0) is 12.2 Å². The third-order valence-corrected chi connectivity index (χ3v) is 6.43.